The van der Waals surface area contributed by atoms with Gasteiger partial charge in [-0.15, -0.1) is 11.3 Å². The Morgan fingerprint density at radius 1 is 1.05 bits per heavy atom. The van der Waals surface area contributed by atoms with Crippen LogP contribution >= 0.6 is 11.3 Å². The summed E-state index contributed by atoms with van der Waals surface area (Å²) in [5.74, 6) is 0.728. The van der Waals surface area contributed by atoms with Crippen molar-refractivity contribution < 1.29 is 24.0 Å². The maximum atomic E-state index is 13.6. The first-order chi connectivity index (χ1) is 17.9. The molecule has 0 spiro atoms. The fourth-order valence-corrected chi connectivity index (χ4v) is 4.82. The van der Waals surface area contributed by atoms with Crippen LogP contribution in [0.2, 0.25) is 0 Å². The van der Waals surface area contributed by atoms with Gasteiger partial charge in [0, 0.05) is 35.2 Å². The number of nitro benzene ring substituents is 1. The van der Waals surface area contributed by atoms with Crippen LogP contribution in [0.25, 0.3) is 0 Å². The maximum Gasteiger partial charge on any atom is 0.270 e. The van der Waals surface area contributed by atoms with E-state index in [1.54, 1.807) is 41.4 Å². The molecule has 10 heteroatoms. The van der Waals surface area contributed by atoms with Crippen molar-refractivity contribution >= 4 is 28.8 Å². The van der Waals surface area contributed by atoms with Crippen LogP contribution in [0.15, 0.2) is 60.0 Å². The molecular weight excluding hydrogens is 494 g/mol. The Kier molecular flexibility index (Phi) is 8.39. The number of nitro groups is 1. The van der Waals surface area contributed by atoms with E-state index in [4.69, 9.17) is 9.47 Å². The monoisotopic (exact) mass is 523 g/mol. The minimum atomic E-state index is -0.527. The summed E-state index contributed by atoms with van der Waals surface area (Å²) in [5.41, 5.74) is 1.06. The molecule has 0 aliphatic heterocycles. The van der Waals surface area contributed by atoms with Gasteiger partial charge in [0.25, 0.3) is 11.6 Å². The highest BCUT2D eigenvalue weighted by atomic mass is 32.1. The van der Waals surface area contributed by atoms with E-state index in [2.05, 4.69) is 0 Å². The lowest BCUT2D eigenvalue weighted by molar-refractivity contribution is -0.384. The van der Waals surface area contributed by atoms with Crippen molar-refractivity contribution in [1.82, 2.24) is 9.80 Å². The third kappa shape index (κ3) is 6.65. The smallest absolute Gasteiger partial charge is 0.270 e. The predicted octanol–water partition coefficient (Wildman–Crippen LogP) is 4.55. The zero-order chi connectivity index (χ0) is 26.4. The molecule has 1 aliphatic carbocycles. The maximum absolute atomic E-state index is 13.6. The summed E-state index contributed by atoms with van der Waals surface area (Å²) < 4.78 is 10.7. The molecule has 0 radical (unpaired) electrons. The van der Waals surface area contributed by atoms with Crippen molar-refractivity contribution in [1.29, 1.82) is 0 Å². The van der Waals surface area contributed by atoms with E-state index in [1.807, 2.05) is 35.7 Å². The van der Waals surface area contributed by atoms with Crippen molar-refractivity contribution in [2.75, 3.05) is 27.3 Å². The standard InChI is InChI=1S/C27H29N3O6S/c1-35-24-11-8-19(15-25(24)36-2)12-13-28(17-23-7-4-14-37-23)26(31)18-29(21-9-10-21)27(32)20-5-3-6-22(16-20)30(33)34/h3-8,11,14-16,21H,9-10,12-13,17-18H2,1-2H3. The van der Waals surface area contributed by atoms with Crippen LogP contribution < -0.4 is 9.47 Å². The predicted molar refractivity (Wildman–Crippen MR) is 140 cm³/mol. The molecule has 0 N–H and O–H groups in total. The van der Waals surface area contributed by atoms with E-state index in [9.17, 15) is 19.7 Å². The molecule has 2 amide bonds. The first-order valence-electron chi connectivity index (χ1n) is 12.0. The number of thiophene rings is 1. The normalized spacial score (nSPS) is 12.6. The number of nitrogens with zero attached hydrogens (tertiary/aromatic N) is 3. The Balaban J connectivity index is 1.50. The average molecular weight is 524 g/mol. The first kappa shape index (κ1) is 26.2. The Hall–Kier alpha value is -3.92. The van der Waals surface area contributed by atoms with E-state index in [0.29, 0.717) is 31.0 Å². The van der Waals surface area contributed by atoms with Gasteiger partial charge in [-0.2, -0.15) is 0 Å². The summed E-state index contributed by atoms with van der Waals surface area (Å²) in [6, 6.07) is 15.2. The number of methoxy groups -OCH3 is 2. The third-order valence-electron chi connectivity index (χ3n) is 6.26. The number of ether oxygens (including phenoxy) is 2. The van der Waals surface area contributed by atoms with Gasteiger partial charge in [0.2, 0.25) is 5.91 Å². The molecule has 4 rings (SSSR count). The number of rotatable bonds is 12. The van der Waals surface area contributed by atoms with E-state index in [0.717, 1.165) is 23.3 Å². The SMILES string of the molecule is COc1ccc(CCN(Cc2cccs2)C(=O)CN(C(=O)c2cccc([N+](=O)[O-])c2)C2CC2)cc1OC. The molecule has 0 unspecified atom stereocenters. The zero-order valence-corrected chi connectivity index (χ0v) is 21.6. The second kappa shape index (κ2) is 11.9. The van der Waals surface area contributed by atoms with Crippen molar-refractivity contribution in [3.8, 4) is 11.5 Å². The lowest BCUT2D eigenvalue weighted by Crippen LogP contribution is -2.44. The molecular formula is C27H29N3O6S. The Morgan fingerprint density at radius 3 is 2.49 bits per heavy atom. The van der Waals surface area contributed by atoms with Gasteiger partial charge in [0.05, 0.1) is 25.7 Å². The second-order valence-electron chi connectivity index (χ2n) is 8.81. The van der Waals surface area contributed by atoms with Crippen LogP contribution in [0.5, 0.6) is 11.5 Å². The van der Waals surface area contributed by atoms with Crippen LogP contribution in [-0.2, 0) is 17.8 Å². The van der Waals surface area contributed by atoms with Crippen molar-refractivity contribution in [3.63, 3.8) is 0 Å². The van der Waals surface area contributed by atoms with Gasteiger partial charge < -0.3 is 19.3 Å². The molecule has 1 aliphatic rings. The molecule has 0 saturated heterocycles. The third-order valence-corrected chi connectivity index (χ3v) is 7.12. The van der Waals surface area contributed by atoms with E-state index in [1.165, 1.54) is 18.2 Å². The molecule has 0 bridgehead atoms. The van der Waals surface area contributed by atoms with Gasteiger partial charge in [-0.1, -0.05) is 18.2 Å². The highest BCUT2D eigenvalue weighted by Gasteiger charge is 2.35. The number of amides is 2. The Bertz CT molecular complexity index is 1260. The molecule has 1 saturated carbocycles. The van der Waals surface area contributed by atoms with Gasteiger partial charge in [-0.05, 0) is 54.5 Å². The minimum Gasteiger partial charge on any atom is -0.493 e. The van der Waals surface area contributed by atoms with E-state index < -0.39 is 4.92 Å². The van der Waals surface area contributed by atoms with Crippen LogP contribution in [-0.4, -0.2) is 59.9 Å². The molecule has 1 fully saturated rings. The zero-order valence-electron chi connectivity index (χ0n) is 20.8. The van der Waals surface area contributed by atoms with Crippen LogP contribution in [0.1, 0.15) is 33.6 Å². The fourth-order valence-electron chi connectivity index (χ4n) is 4.10. The Labute approximate surface area is 219 Å². The van der Waals surface area contributed by atoms with Gasteiger partial charge in [-0.25, -0.2) is 0 Å². The van der Waals surface area contributed by atoms with Crippen LogP contribution in [0.4, 0.5) is 5.69 Å². The summed E-state index contributed by atoms with van der Waals surface area (Å²) in [6.45, 7) is 0.812. The van der Waals surface area contributed by atoms with Gasteiger partial charge in [0.15, 0.2) is 11.5 Å². The quantitative estimate of drug-likeness (QED) is 0.255. The van der Waals surface area contributed by atoms with Crippen molar-refractivity contribution in [2.24, 2.45) is 0 Å². The molecule has 194 valence electrons. The number of carbonyl (C=O) groups is 2. The summed E-state index contributed by atoms with van der Waals surface area (Å²) in [4.78, 5) is 41.9. The number of carbonyl (C=O) groups excluding carboxylic acids is 2. The summed E-state index contributed by atoms with van der Waals surface area (Å²) >= 11 is 1.57. The van der Waals surface area contributed by atoms with E-state index >= 15 is 0 Å². The highest BCUT2D eigenvalue weighted by Crippen LogP contribution is 2.30. The largest absolute Gasteiger partial charge is 0.493 e. The fraction of sp³-hybridized carbons (Fsp3) is 0.333. The average Bonchev–Trinajstić information content (AvgIpc) is 3.63. The van der Waals surface area contributed by atoms with Crippen LogP contribution in [0.3, 0.4) is 0 Å². The number of benzene rings is 2. The summed E-state index contributed by atoms with van der Waals surface area (Å²) in [5, 5.41) is 13.1. The van der Waals surface area contributed by atoms with Gasteiger partial charge in [-0.3, -0.25) is 19.7 Å². The van der Waals surface area contributed by atoms with Gasteiger partial charge in [0.1, 0.15) is 6.54 Å². The molecule has 1 aromatic heterocycles. The Morgan fingerprint density at radius 2 is 1.84 bits per heavy atom. The molecule has 9 nitrogen and oxygen atoms in total. The first-order valence-corrected chi connectivity index (χ1v) is 12.8. The molecule has 2 aromatic carbocycles. The van der Waals surface area contributed by atoms with Crippen molar-refractivity contribution in [2.45, 2.75) is 31.8 Å². The second-order valence-corrected chi connectivity index (χ2v) is 9.84. The highest BCUT2D eigenvalue weighted by molar-refractivity contribution is 7.09. The molecule has 0 atom stereocenters. The van der Waals surface area contributed by atoms with Gasteiger partial charge >= 0.3 is 0 Å². The number of hydrogen-bond donors (Lipinski definition) is 0. The topological polar surface area (TPSA) is 102 Å². The lowest BCUT2D eigenvalue weighted by Gasteiger charge is -2.28. The molecule has 37 heavy (non-hydrogen) atoms. The van der Waals surface area contributed by atoms with Crippen LogP contribution in [0, 0.1) is 10.1 Å². The number of non-ortho nitro benzene ring substituents is 1. The van der Waals surface area contributed by atoms with Crippen molar-refractivity contribution in [3.05, 3.63) is 86.1 Å². The van der Waals surface area contributed by atoms with E-state index in [-0.39, 0.29) is 35.7 Å². The minimum absolute atomic E-state index is 0.0369. The summed E-state index contributed by atoms with van der Waals surface area (Å²) in [6.07, 6.45) is 2.22. The summed E-state index contributed by atoms with van der Waals surface area (Å²) in [7, 11) is 3.17. The number of hydrogen-bond acceptors (Lipinski definition) is 7. The molecule has 1 heterocycles. The lowest BCUT2D eigenvalue weighted by atomic mass is 10.1. The molecule has 3 aromatic rings.